The lowest BCUT2D eigenvalue weighted by molar-refractivity contribution is -0.127. The number of ketones is 2. The van der Waals surface area contributed by atoms with Crippen LogP contribution in [0.15, 0.2) is 0 Å². The van der Waals surface area contributed by atoms with Crippen molar-refractivity contribution in [2.45, 2.75) is 31.7 Å². The number of hydrogen-bond donors (Lipinski definition) is 1. The van der Waals surface area contributed by atoms with E-state index in [2.05, 4.69) is 0 Å². The smallest absolute Gasteiger partial charge is 0.157 e. The highest BCUT2D eigenvalue weighted by Crippen LogP contribution is 2.09. The van der Waals surface area contributed by atoms with Crippen molar-refractivity contribution in [1.29, 1.82) is 0 Å². The van der Waals surface area contributed by atoms with Gasteiger partial charge in [0.25, 0.3) is 0 Å². The minimum atomic E-state index is -0.817. The third-order valence-electron chi connectivity index (χ3n) is 1.79. The van der Waals surface area contributed by atoms with Gasteiger partial charge in [0.2, 0.25) is 0 Å². The lowest BCUT2D eigenvalue weighted by atomic mass is 10.1. The summed E-state index contributed by atoms with van der Waals surface area (Å²) in [7, 11) is 0. The lowest BCUT2D eigenvalue weighted by Gasteiger charge is -2.01. The molecule has 0 amide bonds. The molecular formula is C7H11NO2. The molecule has 0 heterocycles. The van der Waals surface area contributed by atoms with Crippen LogP contribution in [0, 0.1) is 0 Å². The average Bonchev–Trinajstić information content (AvgIpc) is 2.04. The maximum absolute atomic E-state index is 10.9. The number of nitrogens with two attached hydrogens (primary N) is 1. The summed E-state index contributed by atoms with van der Waals surface area (Å²) in [5.41, 5.74) is 5.32. The molecule has 0 bridgehead atoms. The second-order valence-electron chi connectivity index (χ2n) is 2.62. The number of Topliss-reactive ketones (excluding diaryl/α,β-unsaturated/α-hetero) is 2. The first-order chi connectivity index (χ1) is 4.72. The van der Waals surface area contributed by atoms with Crippen molar-refractivity contribution in [3.05, 3.63) is 0 Å². The Bertz CT molecular complexity index is 147. The van der Waals surface area contributed by atoms with Crippen LogP contribution in [0.25, 0.3) is 0 Å². The predicted octanol–water partition coefficient (Wildman–Crippen LogP) is 0.0259. The third-order valence-corrected chi connectivity index (χ3v) is 1.79. The van der Waals surface area contributed by atoms with Gasteiger partial charge in [-0.05, 0) is 12.8 Å². The number of carbonyl (C=O) groups excluding carboxylic acids is 2. The van der Waals surface area contributed by atoms with Crippen LogP contribution in [0.2, 0.25) is 0 Å². The van der Waals surface area contributed by atoms with Gasteiger partial charge in [-0.25, -0.2) is 0 Å². The molecule has 0 aliphatic heterocycles. The first kappa shape index (κ1) is 7.41. The Balaban J connectivity index is 2.64. The molecule has 0 unspecified atom stereocenters. The molecule has 1 rings (SSSR count). The fourth-order valence-corrected chi connectivity index (χ4v) is 1.09. The fourth-order valence-electron chi connectivity index (χ4n) is 1.09. The minimum Gasteiger partial charge on any atom is -0.315 e. The number of hydrogen-bond acceptors (Lipinski definition) is 3. The van der Waals surface area contributed by atoms with Crippen LogP contribution in [-0.4, -0.2) is 17.6 Å². The van der Waals surface area contributed by atoms with Crippen molar-refractivity contribution in [3.63, 3.8) is 0 Å². The van der Waals surface area contributed by atoms with Gasteiger partial charge >= 0.3 is 0 Å². The summed E-state index contributed by atoms with van der Waals surface area (Å²) in [6.45, 7) is 0. The molecule has 1 aliphatic rings. The van der Waals surface area contributed by atoms with Crippen molar-refractivity contribution < 1.29 is 9.59 Å². The zero-order chi connectivity index (χ0) is 7.56. The summed E-state index contributed by atoms with van der Waals surface area (Å²) in [5.74, 6) is -0.190. The van der Waals surface area contributed by atoms with Crippen molar-refractivity contribution >= 4 is 11.6 Å². The van der Waals surface area contributed by atoms with Gasteiger partial charge in [0.05, 0.1) is 0 Å². The third kappa shape index (κ3) is 1.42. The van der Waals surface area contributed by atoms with E-state index in [1.165, 1.54) is 0 Å². The summed E-state index contributed by atoms with van der Waals surface area (Å²) < 4.78 is 0. The molecule has 10 heavy (non-hydrogen) atoms. The standard InChI is InChI=1S/C7H11NO2/c8-7-5(9)3-1-2-4-6(7)10/h7H,1-4,8H2. The van der Waals surface area contributed by atoms with E-state index in [4.69, 9.17) is 5.73 Å². The molecule has 1 saturated carbocycles. The van der Waals surface area contributed by atoms with E-state index < -0.39 is 6.04 Å². The number of carbonyl (C=O) groups is 2. The van der Waals surface area contributed by atoms with Crippen LogP contribution < -0.4 is 5.73 Å². The molecule has 0 atom stereocenters. The van der Waals surface area contributed by atoms with Gasteiger partial charge in [-0.2, -0.15) is 0 Å². The fraction of sp³-hybridized carbons (Fsp3) is 0.714. The van der Waals surface area contributed by atoms with Gasteiger partial charge in [-0.15, -0.1) is 0 Å². The average molecular weight is 141 g/mol. The maximum atomic E-state index is 10.9. The van der Waals surface area contributed by atoms with Crippen molar-refractivity contribution in [1.82, 2.24) is 0 Å². The molecule has 1 fully saturated rings. The molecular weight excluding hydrogens is 130 g/mol. The summed E-state index contributed by atoms with van der Waals surface area (Å²) in [5, 5.41) is 0. The van der Waals surface area contributed by atoms with Crippen LogP contribution >= 0.6 is 0 Å². The summed E-state index contributed by atoms with van der Waals surface area (Å²) in [6, 6.07) is -0.817. The molecule has 0 saturated heterocycles. The molecule has 0 spiro atoms. The van der Waals surface area contributed by atoms with E-state index in [0.29, 0.717) is 12.8 Å². The monoisotopic (exact) mass is 141 g/mol. The van der Waals surface area contributed by atoms with E-state index in [1.807, 2.05) is 0 Å². The summed E-state index contributed by atoms with van der Waals surface area (Å²) in [6.07, 6.45) is 2.59. The van der Waals surface area contributed by atoms with Crippen LogP contribution in [0.4, 0.5) is 0 Å². The van der Waals surface area contributed by atoms with E-state index >= 15 is 0 Å². The highest BCUT2D eigenvalue weighted by Gasteiger charge is 2.23. The van der Waals surface area contributed by atoms with E-state index in [1.54, 1.807) is 0 Å². The normalized spacial score (nSPS) is 22.9. The Hall–Kier alpha value is -0.700. The van der Waals surface area contributed by atoms with Crippen molar-refractivity contribution in [3.8, 4) is 0 Å². The Morgan fingerprint density at radius 1 is 1.10 bits per heavy atom. The molecule has 0 radical (unpaired) electrons. The van der Waals surface area contributed by atoms with Gasteiger partial charge in [0.1, 0.15) is 6.04 Å². The van der Waals surface area contributed by atoms with Crippen molar-refractivity contribution in [2.75, 3.05) is 0 Å². The van der Waals surface area contributed by atoms with Crippen LogP contribution in [0.5, 0.6) is 0 Å². The molecule has 2 N–H and O–H groups in total. The van der Waals surface area contributed by atoms with Gasteiger partial charge in [-0.1, -0.05) is 0 Å². The van der Waals surface area contributed by atoms with E-state index in [0.717, 1.165) is 12.8 Å². The lowest BCUT2D eigenvalue weighted by Crippen LogP contribution is -2.36. The first-order valence-electron chi connectivity index (χ1n) is 3.53. The molecule has 3 nitrogen and oxygen atoms in total. The zero-order valence-electron chi connectivity index (χ0n) is 5.80. The first-order valence-corrected chi connectivity index (χ1v) is 3.53. The minimum absolute atomic E-state index is 0.0949. The SMILES string of the molecule is NC1C(=O)CCCCC1=O. The molecule has 1 aliphatic carbocycles. The molecule has 0 aromatic rings. The predicted molar refractivity (Wildman–Crippen MR) is 36.5 cm³/mol. The molecule has 56 valence electrons. The van der Waals surface area contributed by atoms with Gasteiger partial charge in [0.15, 0.2) is 11.6 Å². The molecule has 0 aromatic heterocycles. The Kier molecular flexibility index (Phi) is 2.17. The van der Waals surface area contributed by atoms with E-state index in [-0.39, 0.29) is 11.6 Å². The van der Waals surface area contributed by atoms with Gasteiger partial charge in [0, 0.05) is 12.8 Å². The van der Waals surface area contributed by atoms with Crippen LogP contribution in [0.3, 0.4) is 0 Å². The second-order valence-corrected chi connectivity index (χ2v) is 2.62. The van der Waals surface area contributed by atoms with Crippen molar-refractivity contribution in [2.24, 2.45) is 5.73 Å². The Morgan fingerprint density at radius 3 is 1.90 bits per heavy atom. The topological polar surface area (TPSA) is 60.2 Å². The highest BCUT2D eigenvalue weighted by atomic mass is 16.2. The van der Waals surface area contributed by atoms with Gasteiger partial charge < -0.3 is 5.73 Å². The quantitative estimate of drug-likeness (QED) is 0.382. The number of rotatable bonds is 0. The zero-order valence-corrected chi connectivity index (χ0v) is 5.80. The molecule has 0 aromatic carbocycles. The maximum Gasteiger partial charge on any atom is 0.157 e. The van der Waals surface area contributed by atoms with Gasteiger partial charge in [-0.3, -0.25) is 9.59 Å². The summed E-state index contributed by atoms with van der Waals surface area (Å²) >= 11 is 0. The molecule has 3 heteroatoms. The highest BCUT2D eigenvalue weighted by molar-refractivity contribution is 6.06. The largest absolute Gasteiger partial charge is 0.315 e. The van der Waals surface area contributed by atoms with Crippen LogP contribution in [0.1, 0.15) is 25.7 Å². The second kappa shape index (κ2) is 2.92. The van der Waals surface area contributed by atoms with E-state index in [9.17, 15) is 9.59 Å². The Labute approximate surface area is 59.6 Å². The Morgan fingerprint density at radius 2 is 1.50 bits per heavy atom. The van der Waals surface area contributed by atoms with Crippen LogP contribution in [-0.2, 0) is 9.59 Å². The summed E-state index contributed by atoms with van der Waals surface area (Å²) in [4.78, 5) is 21.8.